The molecule has 1 unspecified atom stereocenters. The van der Waals surface area contributed by atoms with Crippen LogP contribution in [0, 0.1) is 6.92 Å². The van der Waals surface area contributed by atoms with Gasteiger partial charge in [0.1, 0.15) is 17.3 Å². The zero-order valence-corrected chi connectivity index (χ0v) is 14.9. The van der Waals surface area contributed by atoms with Crippen molar-refractivity contribution in [3.05, 3.63) is 59.4 Å². The van der Waals surface area contributed by atoms with E-state index in [0.717, 1.165) is 34.1 Å². The van der Waals surface area contributed by atoms with Crippen molar-refractivity contribution in [3.8, 4) is 11.5 Å². The van der Waals surface area contributed by atoms with Crippen LogP contribution < -0.4 is 14.8 Å². The fourth-order valence-electron chi connectivity index (χ4n) is 2.78. The third-order valence-electron chi connectivity index (χ3n) is 4.25. The van der Waals surface area contributed by atoms with Gasteiger partial charge in [-0.25, -0.2) is 4.98 Å². The van der Waals surface area contributed by atoms with E-state index in [4.69, 9.17) is 9.47 Å². The van der Waals surface area contributed by atoms with Gasteiger partial charge in [0.2, 0.25) is 0 Å². The lowest BCUT2D eigenvalue weighted by atomic mass is 10.0. The number of methoxy groups -OCH3 is 2. The number of imidazole rings is 1. The van der Waals surface area contributed by atoms with Crippen molar-refractivity contribution in [1.29, 1.82) is 0 Å². The van der Waals surface area contributed by atoms with Crippen LogP contribution in [0.5, 0.6) is 11.5 Å². The molecule has 2 aromatic heterocycles. The SMILES string of the molecule is COc1cc(OC)cc(C(NCc2cn[nH]c2C)c2nccn2C)c1. The number of aromatic amines is 1. The number of H-pyrrole nitrogens is 1. The van der Waals surface area contributed by atoms with E-state index >= 15 is 0 Å². The Morgan fingerprint density at radius 3 is 2.44 bits per heavy atom. The molecule has 3 aromatic rings. The van der Waals surface area contributed by atoms with Gasteiger partial charge in [-0.15, -0.1) is 0 Å². The number of hydrogen-bond donors (Lipinski definition) is 2. The first-order valence-corrected chi connectivity index (χ1v) is 8.04. The molecule has 132 valence electrons. The fourth-order valence-corrected chi connectivity index (χ4v) is 2.78. The van der Waals surface area contributed by atoms with Gasteiger partial charge in [-0.1, -0.05) is 0 Å². The van der Waals surface area contributed by atoms with Crippen LogP contribution in [-0.2, 0) is 13.6 Å². The predicted molar refractivity (Wildman–Crippen MR) is 94.8 cm³/mol. The summed E-state index contributed by atoms with van der Waals surface area (Å²) in [5, 5.41) is 10.6. The van der Waals surface area contributed by atoms with E-state index in [0.29, 0.717) is 6.54 Å². The van der Waals surface area contributed by atoms with Crippen LogP contribution in [0.25, 0.3) is 0 Å². The molecule has 7 heteroatoms. The number of benzene rings is 1. The number of rotatable bonds is 7. The summed E-state index contributed by atoms with van der Waals surface area (Å²) in [6, 6.07) is 5.74. The first kappa shape index (κ1) is 17.0. The number of hydrogen-bond acceptors (Lipinski definition) is 5. The second kappa shape index (κ2) is 7.40. The highest BCUT2D eigenvalue weighted by Crippen LogP contribution is 2.29. The minimum Gasteiger partial charge on any atom is -0.497 e. The van der Waals surface area contributed by atoms with Gasteiger partial charge in [0, 0.05) is 43.3 Å². The van der Waals surface area contributed by atoms with E-state index in [1.165, 1.54) is 0 Å². The van der Waals surface area contributed by atoms with Crippen molar-refractivity contribution in [2.45, 2.75) is 19.5 Å². The molecule has 0 bridgehead atoms. The van der Waals surface area contributed by atoms with Crippen molar-refractivity contribution >= 4 is 0 Å². The third-order valence-corrected chi connectivity index (χ3v) is 4.25. The minimum atomic E-state index is -0.113. The van der Waals surface area contributed by atoms with Crippen LogP contribution in [0.1, 0.15) is 28.7 Å². The second-order valence-corrected chi connectivity index (χ2v) is 5.88. The fraction of sp³-hybridized carbons (Fsp3) is 0.333. The molecule has 2 heterocycles. The summed E-state index contributed by atoms with van der Waals surface area (Å²) in [5.41, 5.74) is 3.19. The van der Waals surface area contributed by atoms with Gasteiger partial charge in [-0.05, 0) is 24.6 Å². The van der Waals surface area contributed by atoms with Gasteiger partial charge in [0.15, 0.2) is 0 Å². The van der Waals surface area contributed by atoms with Crippen molar-refractivity contribution < 1.29 is 9.47 Å². The van der Waals surface area contributed by atoms with E-state index in [1.54, 1.807) is 20.4 Å². The smallest absolute Gasteiger partial charge is 0.130 e. The highest BCUT2D eigenvalue weighted by Gasteiger charge is 2.20. The molecule has 0 fully saturated rings. The molecule has 0 saturated carbocycles. The van der Waals surface area contributed by atoms with Crippen LogP contribution in [-0.4, -0.2) is 34.0 Å². The Kier molecular flexibility index (Phi) is 5.04. The van der Waals surface area contributed by atoms with Gasteiger partial charge in [-0.2, -0.15) is 5.10 Å². The number of nitrogens with zero attached hydrogens (tertiary/aromatic N) is 3. The Morgan fingerprint density at radius 1 is 1.20 bits per heavy atom. The Bertz CT molecular complexity index is 817. The molecule has 0 aliphatic rings. The maximum Gasteiger partial charge on any atom is 0.130 e. The summed E-state index contributed by atoms with van der Waals surface area (Å²) < 4.78 is 12.8. The summed E-state index contributed by atoms with van der Waals surface area (Å²) in [7, 11) is 5.28. The molecule has 0 saturated heterocycles. The Morgan fingerprint density at radius 2 is 1.92 bits per heavy atom. The van der Waals surface area contributed by atoms with Gasteiger partial charge >= 0.3 is 0 Å². The summed E-state index contributed by atoms with van der Waals surface area (Å²) in [4.78, 5) is 4.52. The van der Waals surface area contributed by atoms with E-state index in [-0.39, 0.29) is 6.04 Å². The molecular weight excluding hydrogens is 318 g/mol. The molecule has 1 atom stereocenters. The maximum atomic E-state index is 5.41. The van der Waals surface area contributed by atoms with E-state index in [1.807, 2.05) is 49.1 Å². The standard InChI is InChI=1S/C18H23N5O2/c1-12-14(11-21-22-12)10-20-17(18-19-5-6-23(18)2)13-7-15(24-3)9-16(8-13)25-4/h5-9,11,17,20H,10H2,1-4H3,(H,21,22). The summed E-state index contributed by atoms with van der Waals surface area (Å²) >= 11 is 0. The normalized spacial score (nSPS) is 12.2. The number of nitrogens with one attached hydrogen (secondary N) is 2. The maximum absolute atomic E-state index is 5.41. The third kappa shape index (κ3) is 3.66. The first-order chi connectivity index (χ1) is 12.1. The number of ether oxygens (including phenoxy) is 2. The number of aryl methyl sites for hydroxylation is 2. The van der Waals surface area contributed by atoms with Gasteiger partial charge in [-0.3, -0.25) is 10.4 Å². The van der Waals surface area contributed by atoms with Crippen LogP contribution in [0.3, 0.4) is 0 Å². The monoisotopic (exact) mass is 341 g/mol. The predicted octanol–water partition coefficient (Wildman–Crippen LogP) is 2.35. The Hall–Kier alpha value is -2.80. The molecule has 7 nitrogen and oxygen atoms in total. The first-order valence-electron chi connectivity index (χ1n) is 8.04. The largest absolute Gasteiger partial charge is 0.497 e. The Balaban J connectivity index is 1.96. The molecule has 2 N–H and O–H groups in total. The van der Waals surface area contributed by atoms with E-state index in [2.05, 4.69) is 20.5 Å². The molecule has 25 heavy (non-hydrogen) atoms. The topological polar surface area (TPSA) is 77.0 Å². The lowest BCUT2D eigenvalue weighted by molar-refractivity contribution is 0.392. The number of aromatic nitrogens is 4. The van der Waals surface area contributed by atoms with Crippen molar-refractivity contribution in [2.24, 2.45) is 7.05 Å². The molecule has 0 aliphatic carbocycles. The van der Waals surface area contributed by atoms with Crippen molar-refractivity contribution in [1.82, 2.24) is 25.1 Å². The summed E-state index contributed by atoms with van der Waals surface area (Å²) in [6.45, 7) is 2.67. The van der Waals surface area contributed by atoms with Crippen molar-refractivity contribution in [2.75, 3.05) is 14.2 Å². The molecule has 0 aliphatic heterocycles. The zero-order chi connectivity index (χ0) is 17.8. The molecule has 0 amide bonds. The average Bonchev–Trinajstić information content (AvgIpc) is 3.23. The highest BCUT2D eigenvalue weighted by atomic mass is 16.5. The molecule has 1 aromatic carbocycles. The average molecular weight is 341 g/mol. The van der Waals surface area contributed by atoms with Crippen LogP contribution >= 0.6 is 0 Å². The van der Waals surface area contributed by atoms with Gasteiger partial charge in [0.05, 0.1) is 26.5 Å². The Labute approximate surface area is 147 Å². The van der Waals surface area contributed by atoms with Gasteiger partial charge in [0.25, 0.3) is 0 Å². The van der Waals surface area contributed by atoms with Gasteiger partial charge < -0.3 is 14.0 Å². The zero-order valence-electron chi connectivity index (χ0n) is 14.9. The van der Waals surface area contributed by atoms with E-state index < -0.39 is 0 Å². The molecule has 3 rings (SSSR count). The summed E-state index contributed by atoms with van der Waals surface area (Å²) in [5.74, 6) is 2.40. The lowest BCUT2D eigenvalue weighted by Gasteiger charge is -2.20. The highest BCUT2D eigenvalue weighted by molar-refractivity contribution is 5.41. The quantitative estimate of drug-likeness (QED) is 0.690. The lowest BCUT2D eigenvalue weighted by Crippen LogP contribution is -2.25. The van der Waals surface area contributed by atoms with Crippen LogP contribution in [0.15, 0.2) is 36.8 Å². The summed E-state index contributed by atoms with van der Waals surface area (Å²) in [6.07, 6.45) is 5.57. The molecule has 0 radical (unpaired) electrons. The second-order valence-electron chi connectivity index (χ2n) is 5.88. The van der Waals surface area contributed by atoms with Crippen molar-refractivity contribution in [3.63, 3.8) is 0 Å². The van der Waals surface area contributed by atoms with Crippen LogP contribution in [0.4, 0.5) is 0 Å². The van der Waals surface area contributed by atoms with Crippen LogP contribution in [0.2, 0.25) is 0 Å². The molecular formula is C18H23N5O2. The minimum absolute atomic E-state index is 0.113. The molecule has 0 spiro atoms. The van der Waals surface area contributed by atoms with E-state index in [9.17, 15) is 0 Å².